The molecule has 2 atom stereocenters. The highest BCUT2D eigenvalue weighted by Gasteiger charge is 2.24. The first-order valence-electron chi connectivity index (χ1n) is 7.83. The molecule has 1 aliphatic heterocycles. The van der Waals surface area contributed by atoms with Crippen molar-refractivity contribution in [3.63, 3.8) is 0 Å². The molecule has 1 fully saturated rings. The highest BCUT2D eigenvalue weighted by atomic mass is 16.3. The lowest BCUT2D eigenvalue weighted by Crippen LogP contribution is -2.47. The van der Waals surface area contributed by atoms with E-state index in [9.17, 15) is 9.90 Å². The van der Waals surface area contributed by atoms with E-state index in [2.05, 4.69) is 5.32 Å². The molecule has 1 aromatic rings. The number of carbonyl (C=O) groups excluding carboxylic acids is 1. The van der Waals surface area contributed by atoms with Crippen LogP contribution in [-0.2, 0) is 4.79 Å². The summed E-state index contributed by atoms with van der Waals surface area (Å²) >= 11 is 0. The molecule has 0 aromatic heterocycles. The third kappa shape index (κ3) is 3.97. The highest BCUT2D eigenvalue weighted by Crippen LogP contribution is 2.25. The molecule has 4 nitrogen and oxygen atoms in total. The number of rotatable bonds is 4. The van der Waals surface area contributed by atoms with Crippen LogP contribution in [0.5, 0.6) is 5.75 Å². The van der Waals surface area contributed by atoms with Crippen LogP contribution in [0.15, 0.2) is 18.2 Å². The molecule has 1 saturated heterocycles. The summed E-state index contributed by atoms with van der Waals surface area (Å²) in [5.41, 5.74) is 1.86. The number of carbonyl (C=O) groups is 1. The Morgan fingerprint density at radius 1 is 1.24 bits per heavy atom. The van der Waals surface area contributed by atoms with Gasteiger partial charge >= 0.3 is 0 Å². The number of likely N-dealkylation sites (tertiary alicyclic amines) is 1. The van der Waals surface area contributed by atoms with E-state index in [4.69, 9.17) is 0 Å². The smallest absolute Gasteiger partial charge is 0.239 e. The predicted octanol–water partition coefficient (Wildman–Crippen LogP) is 2.75. The van der Waals surface area contributed by atoms with Crippen LogP contribution >= 0.6 is 0 Å². The van der Waals surface area contributed by atoms with Gasteiger partial charge in [0, 0.05) is 24.7 Å². The summed E-state index contributed by atoms with van der Waals surface area (Å²) in [6.07, 6.45) is 3.43. The van der Waals surface area contributed by atoms with E-state index >= 15 is 0 Å². The average molecular weight is 290 g/mol. The van der Waals surface area contributed by atoms with Gasteiger partial charge in [0.15, 0.2) is 0 Å². The minimum absolute atomic E-state index is 0.0608. The van der Waals surface area contributed by atoms with Gasteiger partial charge in [0.25, 0.3) is 0 Å². The third-order valence-corrected chi connectivity index (χ3v) is 4.19. The van der Waals surface area contributed by atoms with Crippen LogP contribution < -0.4 is 5.32 Å². The molecule has 116 valence electrons. The normalized spacial score (nSPS) is 18.3. The summed E-state index contributed by atoms with van der Waals surface area (Å²) in [6.45, 7) is 7.57. The van der Waals surface area contributed by atoms with Gasteiger partial charge in [-0.2, -0.15) is 0 Å². The molecule has 0 spiro atoms. The Labute approximate surface area is 127 Å². The number of nitrogens with one attached hydrogen (secondary N) is 1. The average Bonchev–Trinajstić information content (AvgIpc) is 2.47. The molecule has 2 unspecified atom stereocenters. The van der Waals surface area contributed by atoms with E-state index in [1.807, 2.05) is 37.8 Å². The van der Waals surface area contributed by atoms with E-state index in [-0.39, 0.29) is 23.7 Å². The lowest BCUT2D eigenvalue weighted by Gasteiger charge is -2.30. The number of nitrogens with zero attached hydrogens (tertiary/aromatic N) is 1. The summed E-state index contributed by atoms with van der Waals surface area (Å²) in [6, 6.07) is 5.35. The van der Waals surface area contributed by atoms with E-state index < -0.39 is 0 Å². The van der Waals surface area contributed by atoms with Crippen molar-refractivity contribution in [2.24, 2.45) is 0 Å². The van der Waals surface area contributed by atoms with Crippen molar-refractivity contribution in [1.29, 1.82) is 0 Å². The van der Waals surface area contributed by atoms with Gasteiger partial charge in [-0.15, -0.1) is 0 Å². The predicted molar refractivity (Wildman–Crippen MR) is 84.3 cm³/mol. The summed E-state index contributed by atoms with van der Waals surface area (Å²) < 4.78 is 0. The summed E-state index contributed by atoms with van der Waals surface area (Å²) in [5.74, 6) is 0.445. The fourth-order valence-electron chi connectivity index (χ4n) is 2.94. The molecule has 0 aliphatic carbocycles. The molecule has 2 N–H and O–H groups in total. The van der Waals surface area contributed by atoms with Crippen LogP contribution in [-0.4, -0.2) is 35.0 Å². The molecule has 1 aromatic carbocycles. The Kier molecular flexibility index (Phi) is 5.23. The summed E-state index contributed by atoms with van der Waals surface area (Å²) in [5, 5.41) is 13.3. The van der Waals surface area contributed by atoms with Crippen molar-refractivity contribution >= 4 is 5.91 Å². The molecule has 0 radical (unpaired) electrons. The van der Waals surface area contributed by atoms with Crippen LogP contribution in [0.25, 0.3) is 0 Å². The lowest BCUT2D eigenvalue weighted by atomic mass is 10.0. The number of hydrogen-bond donors (Lipinski definition) is 2. The van der Waals surface area contributed by atoms with E-state index in [1.165, 1.54) is 6.42 Å². The summed E-state index contributed by atoms with van der Waals surface area (Å²) in [7, 11) is 0. The van der Waals surface area contributed by atoms with Crippen molar-refractivity contribution < 1.29 is 9.90 Å². The SMILES string of the molecule is Cc1ccc(C(C)NC(C)C(=O)N2CCCCC2)c(O)c1. The van der Waals surface area contributed by atoms with Crippen molar-refractivity contribution in [3.8, 4) is 5.75 Å². The van der Waals surface area contributed by atoms with Gasteiger partial charge in [0.2, 0.25) is 5.91 Å². The molecule has 4 heteroatoms. The minimum atomic E-state index is -0.237. The molecule has 0 saturated carbocycles. The number of benzene rings is 1. The van der Waals surface area contributed by atoms with Crippen LogP contribution in [0.3, 0.4) is 0 Å². The molecule has 1 heterocycles. The molecular formula is C17H26N2O2. The van der Waals surface area contributed by atoms with Crippen molar-refractivity contribution in [2.45, 2.75) is 52.1 Å². The second-order valence-electron chi connectivity index (χ2n) is 6.06. The van der Waals surface area contributed by atoms with Crippen LogP contribution in [0.1, 0.15) is 50.3 Å². The van der Waals surface area contributed by atoms with Gasteiger partial charge in [-0.1, -0.05) is 12.1 Å². The van der Waals surface area contributed by atoms with Gasteiger partial charge < -0.3 is 10.0 Å². The zero-order valence-electron chi connectivity index (χ0n) is 13.2. The van der Waals surface area contributed by atoms with Crippen molar-refractivity contribution in [1.82, 2.24) is 10.2 Å². The topological polar surface area (TPSA) is 52.6 Å². The molecule has 2 rings (SSSR count). The maximum atomic E-state index is 12.4. The lowest BCUT2D eigenvalue weighted by molar-refractivity contribution is -0.134. The van der Waals surface area contributed by atoms with Crippen molar-refractivity contribution in [2.75, 3.05) is 13.1 Å². The van der Waals surface area contributed by atoms with Gasteiger partial charge in [0.05, 0.1) is 6.04 Å². The molecule has 1 amide bonds. The number of piperidine rings is 1. The third-order valence-electron chi connectivity index (χ3n) is 4.19. The Balaban J connectivity index is 1.97. The number of hydrogen-bond acceptors (Lipinski definition) is 3. The monoisotopic (exact) mass is 290 g/mol. The Morgan fingerprint density at radius 2 is 1.90 bits per heavy atom. The van der Waals surface area contributed by atoms with Crippen LogP contribution in [0.4, 0.5) is 0 Å². The number of aromatic hydroxyl groups is 1. The number of amides is 1. The standard InChI is InChI=1S/C17H26N2O2/c1-12-7-8-15(16(20)11-12)13(2)18-14(3)17(21)19-9-5-4-6-10-19/h7-8,11,13-14,18,20H,4-6,9-10H2,1-3H3. The first-order valence-corrected chi connectivity index (χ1v) is 7.83. The second-order valence-corrected chi connectivity index (χ2v) is 6.06. The van der Waals surface area contributed by atoms with Crippen LogP contribution in [0, 0.1) is 6.92 Å². The maximum absolute atomic E-state index is 12.4. The van der Waals surface area contributed by atoms with Gasteiger partial charge in [-0.3, -0.25) is 10.1 Å². The quantitative estimate of drug-likeness (QED) is 0.896. The fraction of sp³-hybridized carbons (Fsp3) is 0.588. The van der Waals surface area contributed by atoms with Crippen LogP contribution in [0.2, 0.25) is 0 Å². The molecular weight excluding hydrogens is 264 g/mol. The minimum Gasteiger partial charge on any atom is -0.508 e. The summed E-state index contributed by atoms with van der Waals surface area (Å²) in [4.78, 5) is 14.4. The highest BCUT2D eigenvalue weighted by molar-refractivity contribution is 5.81. The Morgan fingerprint density at radius 3 is 2.52 bits per heavy atom. The Bertz CT molecular complexity index is 496. The number of phenols is 1. The van der Waals surface area contributed by atoms with Gasteiger partial charge in [0.1, 0.15) is 5.75 Å². The molecule has 0 bridgehead atoms. The maximum Gasteiger partial charge on any atom is 0.239 e. The molecule has 21 heavy (non-hydrogen) atoms. The zero-order valence-corrected chi connectivity index (χ0v) is 13.2. The largest absolute Gasteiger partial charge is 0.508 e. The van der Waals surface area contributed by atoms with E-state index in [0.29, 0.717) is 0 Å². The second kappa shape index (κ2) is 6.94. The fourth-order valence-corrected chi connectivity index (χ4v) is 2.94. The Hall–Kier alpha value is -1.55. The van der Waals surface area contributed by atoms with E-state index in [1.54, 1.807) is 6.07 Å². The van der Waals surface area contributed by atoms with Gasteiger partial charge in [-0.25, -0.2) is 0 Å². The first kappa shape index (κ1) is 15.8. The van der Waals surface area contributed by atoms with Crippen molar-refractivity contribution in [3.05, 3.63) is 29.3 Å². The zero-order chi connectivity index (χ0) is 15.4. The van der Waals surface area contributed by atoms with Gasteiger partial charge in [-0.05, 0) is 51.7 Å². The molecule has 1 aliphatic rings. The van der Waals surface area contributed by atoms with E-state index in [0.717, 1.165) is 37.1 Å². The first-order chi connectivity index (χ1) is 9.99. The number of aryl methyl sites for hydroxylation is 1. The number of phenolic OH excluding ortho intramolecular Hbond substituents is 1.